The number of ether oxygens (including phenoxy) is 1. The lowest BCUT2D eigenvalue weighted by Gasteiger charge is -2.14. The van der Waals surface area contributed by atoms with Crippen LogP contribution in [0.3, 0.4) is 0 Å². The van der Waals surface area contributed by atoms with E-state index in [1.54, 1.807) is 0 Å². The Morgan fingerprint density at radius 1 is 1.53 bits per heavy atom. The summed E-state index contributed by atoms with van der Waals surface area (Å²) in [4.78, 5) is 22.3. The minimum atomic E-state index is -1.21. The molecule has 0 saturated heterocycles. The van der Waals surface area contributed by atoms with E-state index in [0.717, 1.165) is 0 Å². The molecule has 0 spiro atoms. The Balaban J connectivity index is 2.63. The van der Waals surface area contributed by atoms with E-state index < -0.39 is 23.9 Å². The van der Waals surface area contributed by atoms with Gasteiger partial charge in [0.1, 0.15) is 5.82 Å². The number of aliphatic carboxylic acids is 1. The first kappa shape index (κ1) is 15.4. The number of rotatable bonds is 5. The summed E-state index contributed by atoms with van der Waals surface area (Å²) in [5.74, 6) is -1.67. The second kappa shape index (κ2) is 7.05. The van der Waals surface area contributed by atoms with E-state index in [1.165, 1.54) is 25.3 Å². The third kappa shape index (κ3) is 4.84. The maximum Gasteiger partial charge on any atom is 0.328 e. The molecule has 8 heteroatoms. The summed E-state index contributed by atoms with van der Waals surface area (Å²) in [6, 6.07) is 2.01. The van der Waals surface area contributed by atoms with Gasteiger partial charge in [-0.1, -0.05) is 0 Å². The Morgan fingerprint density at radius 2 is 2.21 bits per heavy atom. The highest BCUT2D eigenvalue weighted by Gasteiger charge is 2.19. The number of hydrogen-bond donors (Lipinski definition) is 3. The number of nitrogens with one attached hydrogen (secondary N) is 2. The zero-order valence-electron chi connectivity index (χ0n) is 9.94. The number of methoxy groups -OCH3 is 1. The number of urea groups is 1. The molecule has 6 nitrogen and oxygen atoms in total. The average molecular weight is 335 g/mol. The van der Waals surface area contributed by atoms with Crippen LogP contribution in [0.1, 0.15) is 0 Å². The highest BCUT2D eigenvalue weighted by atomic mass is 79.9. The first-order chi connectivity index (χ1) is 8.93. The second-order valence-electron chi connectivity index (χ2n) is 3.57. The van der Waals surface area contributed by atoms with Crippen molar-refractivity contribution in [2.75, 3.05) is 19.0 Å². The fraction of sp³-hybridized carbons (Fsp3) is 0.273. The summed E-state index contributed by atoms with van der Waals surface area (Å²) in [7, 11) is 1.33. The van der Waals surface area contributed by atoms with E-state index in [9.17, 15) is 14.0 Å². The molecule has 1 aromatic carbocycles. The number of hydrogen-bond acceptors (Lipinski definition) is 3. The fourth-order valence-electron chi connectivity index (χ4n) is 1.24. The summed E-state index contributed by atoms with van der Waals surface area (Å²) in [6.07, 6.45) is 0. The summed E-state index contributed by atoms with van der Waals surface area (Å²) in [5.41, 5.74) is 0.326. The van der Waals surface area contributed by atoms with E-state index in [2.05, 4.69) is 31.3 Å². The van der Waals surface area contributed by atoms with Crippen LogP contribution in [0.2, 0.25) is 0 Å². The molecule has 2 amide bonds. The Hall–Kier alpha value is -1.67. The van der Waals surface area contributed by atoms with Crippen molar-refractivity contribution in [1.82, 2.24) is 5.32 Å². The number of halogens is 2. The van der Waals surface area contributed by atoms with Crippen molar-refractivity contribution in [3.05, 3.63) is 28.5 Å². The monoisotopic (exact) mass is 334 g/mol. The van der Waals surface area contributed by atoms with Crippen LogP contribution in [0.4, 0.5) is 14.9 Å². The van der Waals surface area contributed by atoms with Crippen LogP contribution in [0, 0.1) is 5.82 Å². The van der Waals surface area contributed by atoms with Crippen molar-refractivity contribution in [3.63, 3.8) is 0 Å². The number of carboxylic acids is 1. The number of carboxylic acid groups (broad SMARTS) is 1. The quantitative estimate of drug-likeness (QED) is 0.766. The Labute approximate surface area is 117 Å². The summed E-state index contributed by atoms with van der Waals surface area (Å²) >= 11 is 2.97. The lowest BCUT2D eigenvalue weighted by molar-refractivity contribution is -0.140. The molecule has 0 heterocycles. The fourth-order valence-corrected chi connectivity index (χ4v) is 1.62. The molecule has 0 aliphatic rings. The van der Waals surface area contributed by atoms with Crippen molar-refractivity contribution >= 4 is 33.6 Å². The number of carbonyl (C=O) groups is 2. The molecular weight excluding hydrogens is 323 g/mol. The average Bonchev–Trinajstić information content (AvgIpc) is 2.33. The molecule has 19 heavy (non-hydrogen) atoms. The molecule has 0 bridgehead atoms. The van der Waals surface area contributed by atoms with Gasteiger partial charge in [0.15, 0.2) is 6.04 Å². The third-order valence-electron chi connectivity index (χ3n) is 2.11. The minimum Gasteiger partial charge on any atom is -0.480 e. The van der Waals surface area contributed by atoms with Gasteiger partial charge in [0.25, 0.3) is 0 Å². The smallest absolute Gasteiger partial charge is 0.328 e. The molecule has 0 aromatic heterocycles. The van der Waals surface area contributed by atoms with E-state index in [4.69, 9.17) is 5.11 Å². The summed E-state index contributed by atoms with van der Waals surface area (Å²) < 4.78 is 17.8. The number of amides is 2. The van der Waals surface area contributed by atoms with Gasteiger partial charge >= 0.3 is 12.0 Å². The van der Waals surface area contributed by atoms with E-state index in [-0.39, 0.29) is 11.1 Å². The van der Waals surface area contributed by atoms with Crippen LogP contribution in [0.25, 0.3) is 0 Å². The van der Waals surface area contributed by atoms with Crippen molar-refractivity contribution in [2.45, 2.75) is 6.04 Å². The van der Waals surface area contributed by atoms with Crippen LogP contribution >= 0.6 is 15.9 Å². The largest absolute Gasteiger partial charge is 0.480 e. The zero-order valence-corrected chi connectivity index (χ0v) is 11.5. The Bertz CT molecular complexity index is 484. The lowest BCUT2D eigenvalue weighted by atomic mass is 10.3. The van der Waals surface area contributed by atoms with Gasteiger partial charge in [-0.25, -0.2) is 14.0 Å². The SMILES string of the molecule is COCC(NC(=O)Nc1ccc(F)c(Br)c1)C(=O)O. The highest BCUT2D eigenvalue weighted by molar-refractivity contribution is 9.10. The lowest BCUT2D eigenvalue weighted by Crippen LogP contribution is -2.45. The molecule has 0 aliphatic carbocycles. The van der Waals surface area contributed by atoms with Gasteiger partial charge in [-0.05, 0) is 34.1 Å². The standard InChI is InChI=1S/C11H12BrFN2O4/c1-19-5-9(10(16)17)15-11(18)14-6-2-3-8(13)7(12)4-6/h2-4,9H,5H2,1H3,(H,16,17)(H2,14,15,18). The normalized spacial score (nSPS) is 11.7. The van der Waals surface area contributed by atoms with Gasteiger partial charge in [-0.2, -0.15) is 0 Å². The highest BCUT2D eigenvalue weighted by Crippen LogP contribution is 2.19. The van der Waals surface area contributed by atoms with Crippen molar-refractivity contribution in [3.8, 4) is 0 Å². The van der Waals surface area contributed by atoms with Crippen molar-refractivity contribution in [2.24, 2.45) is 0 Å². The molecule has 0 fully saturated rings. The predicted molar refractivity (Wildman–Crippen MR) is 69.6 cm³/mol. The number of benzene rings is 1. The molecule has 0 aliphatic heterocycles. The molecule has 104 valence electrons. The minimum absolute atomic E-state index is 0.157. The first-order valence-corrected chi connectivity index (χ1v) is 5.97. The topological polar surface area (TPSA) is 87.7 Å². The second-order valence-corrected chi connectivity index (χ2v) is 4.43. The van der Waals surface area contributed by atoms with Gasteiger partial charge < -0.3 is 20.5 Å². The molecular formula is C11H12BrFN2O4. The van der Waals surface area contributed by atoms with E-state index in [0.29, 0.717) is 5.69 Å². The molecule has 0 radical (unpaired) electrons. The van der Waals surface area contributed by atoms with Crippen molar-refractivity contribution < 1.29 is 23.8 Å². The Kier molecular flexibility index (Phi) is 5.71. The summed E-state index contributed by atoms with van der Waals surface area (Å²) in [6.45, 7) is -0.157. The van der Waals surface area contributed by atoms with Crippen LogP contribution in [0.15, 0.2) is 22.7 Å². The maximum atomic E-state index is 13.0. The van der Waals surface area contributed by atoms with Crippen LogP contribution in [-0.4, -0.2) is 36.9 Å². The first-order valence-electron chi connectivity index (χ1n) is 5.18. The molecule has 1 aromatic rings. The molecule has 1 unspecified atom stereocenters. The van der Waals surface area contributed by atoms with Gasteiger partial charge in [0, 0.05) is 12.8 Å². The van der Waals surface area contributed by atoms with Crippen molar-refractivity contribution in [1.29, 1.82) is 0 Å². The number of anilines is 1. The van der Waals surface area contributed by atoms with Gasteiger partial charge in [-0.15, -0.1) is 0 Å². The van der Waals surface area contributed by atoms with Crippen LogP contribution in [0.5, 0.6) is 0 Å². The third-order valence-corrected chi connectivity index (χ3v) is 2.72. The van der Waals surface area contributed by atoms with E-state index >= 15 is 0 Å². The summed E-state index contributed by atoms with van der Waals surface area (Å²) in [5, 5.41) is 13.4. The molecule has 0 saturated carbocycles. The predicted octanol–water partition coefficient (Wildman–Crippen LogP) is 1.81. The molecule has 1 atom stereocenters. The number of carbonyl (C=O) groups excluding carboxylic acids is 1. The van der Waals surface area contributed by atoms with E-state index in [1.807, 2.05) is 0 Å². The van der Waals surface area contributed by atoms with Crippen LogP contribution in [-0.2, 0) is 9.53 Å². The molecule has 1 rings (SSSR count). The van der Waals surface area contributed by atoms with Gasteiger partial charge in [0.2, 0.25) is 0 Å². The Morgan fingerprint density at radius 3 is 2.74 bits per heavy atom. The maximum absolute atomic E-state index is 13.0. The van der Waals surface area contributed by atoms with Crippen LogP contribution < -0.4 is 10.6 Å². The molecule has 3 N–H and O–H groups in total. The van der Waals surface area contributed by atoms with Gasteiger partial charge in [-0.3, -0.25) is 0 Å². The zero-order chi connectivity index (χ0) is 14.4. The van der Waals surface area contributed by atoms with Gasteiger partial charge in [0.05, 0.1) is 11.1 Å².